The predicted octanol–water partition coefficient (Wildman–Crippen LogP) is 7.52. The van der Waals surface area contributed by atoms with Crippen molar-refractivity contribution in [2.24, 2.45) is 11.8 Å². The van der Waals surface area contributed by atoms with Gasteiger partial charge in [-0.2, -0.15) is 0 Å². The fourth-order valence-electron chi connectivity index (χ4n) is 5.72. The highest BCUT2D eigenvalue weighted by Gasteiger charge is 2.46. The van der Waals surface area contributed by atoms with Crippen LogP contribution < -0.4 is 9.63 Å². The molecule has 218 valence electrons. The van der Waals surface area contributed by atoms with E-state index < -0.39 is 19.4 Å². The van der Waals surface area contributed by atoms with E-state index in [-0.39, 0.29) is 48.7 Å². The highest BCUT2D eigenvalue weighted by molar-refractivity contribution is 7.46. The van der Waals surface area contributed by atoms with Crippen molar-refractivity contribution in [2.45, 2.75) is 110 Å². The number of phenolic OH excluding ortho intramolecular Hbond substituents is 1. The van der Waals surface area contributed by atoms with E-state index in [2.05, 4.69) is 19.6 Å². The van der Waals surface area contributed by atoms with Crippen LogP contribution >= 0.6 is 7.82 Å². The SMILES string of the molecule is C=C(C)[C@@H]1CCC(C)=C[C@H]1c1c(O)cc(CCC)cc1OC(=O)C1(OP(=O)([O-])OCCC(C)C)CCCCC1. The van der Waals surface area contributed by atoms with Gasteiger partial charge in [-0.3, -0.25) is 9.09 Å². The van der Waals surface area contributed by atoms with Gasteiger partial charge in [0.05, 0.1) is 6.61 Å². The van der Waals surface area contributed by atoms with Gasteiger partial charge >= 0.3 is 5.97 Å². The standard InChI is InChI=1S/C31H47O7P/c1-7-11-24-19-27(32)29(26-18-23(6)12-13-25(26)22(4)5)28(20-24)37-30(33)31(15-9-8-10-16-31)38-39(34,35)36-17-14-21(2)3/h18-21,25-26,32H,4,7-17H2,1-3,5-6H3,(H,34,35)/p-1/t25-,26+/m0/s1. The van der Waals surface area contributed by atoms with Crippen LogP contribution in [0.3, 0.4) is 0 Å². The van der Waals surface area contributed by atoms with Gasteiger partial charge in [0.1, 0.15) is 11.5 Å². The monoisotopic (exact) mass is 561 g/mol. The molecule has 7 nitrogen and oxygen atoms in total. The largest absolute Gasteiger partial charge is 0.756 e. The molecule has 1 aromatic carbocycles. The normalized spacial score (nSPS) is 22.7. The van der Waals surface area contributed by atoms with Crippen LogP contribution in [0.2, 0.25) is 0 Å². The smallest absolute Gasteiger partial charge is 0.344 e. The lowest BCUT2D eigenvalue weighted by molar-refractivity contribution is -0.240. The second-order valence-electron chi connectivity index (χ2n) is 11.8. The Bertz CT molecular complexity index is 1100. The Hall–Kier alpha value is -1.92. The van der Waals surface area contributed by atoms with E-state index in [9.17, 15) is 19.4 Å². The van der Waals surface area contributed by atoms with Gasteiger partial charge in [-0.05, 0) is 94.7 Å². The van der Waals surface area contributed by atoms with Crippen molar-refractivity contribution in [3.8, 4) is 11.5 Å². The lowest BCUT2D eigenvalue weighted by atomic mass is 9.73. The van der Waals surface area contributed by atoms with Crippen molar-refractivity contribution in [3.05, 3.63) is 47.1 Å². The third-order valence-electron chi connectivity index (χ3n) is 7.90. The number of ether oxygens (including phenoxy) is 1. The molecule has 3 atom stereocenters. The fourth-order valence-corrected chi connectivity index (χ4v) is 6.78. The van der Waals surface area contributed by atoms with Crippen LogP contribution in [-0.4, -0.2) is 23.3 Å². The molecule has 1 unspecified atom stereocenters. The zero-order valence-electron chi connectivity index (χ0n) is 24.3. The first kappa shape index (κ1) is 31.6. The maximum absolute atomic E-state index is 13.9. The van der Waals surface area contributed by atoms with Crippen LogP contribution in [0, 0.1) is 11.8 Å². The number of rotatable bonds is 12. The number of carbonyl (C=O) groups excluding carboxylic acids is 1. The second-order valence-corrected chi connectivity index (χ2v) is 13.1. The quantitative estimate of drug-likeness (QED) is 0.122. The summed E-state index contributed by atoms with van der Waals surface area (Å²) in [4.78, 5) is 26.7. The molecule has 0 saturated heterocycles. The Labute approximate surface area is 234 Å². The fraction of sp³-hybridized carbons (Fsp3) is 0.645. The van der Waals surface area contributed by atoms with E-state index in [1.165, 1.54) is 5.57 Å². The van der Waals surface area contributed by atoms with Crippen LogP contribution in [0.5, 0.6) is 11.5 Å². The van der Waals surface area contributed by atoms with Crippen LogP contribution in [0.1, 0.15) is 109 Å². The summed E-state index contributed by atoms with van der Waals surface area (Å²) in [6, 6.07) is 3.54. The molecule has 0 radical (unpaired) electrons. The lowest BCUT2D eigenvalue weighted by Crippen LogP contribution is -2.46. The van der Waals surface area contributed by atoms with E-state index in [4.69, 9.17) is 13.8 Å². The van der Waals surface area contributed by atoms with Crippen LogP contribution in [0.15, 0.2) is 35.9 Å². The number of aromatic hydroxyl groups is 1. The zero-order valence-corrected chi connectivity index (χ0v) is 25.2. The third kappa shape index (κ3) is 8.29. The molecule has 2 aliphatic carbocycles. The summed E-state index contributed by atoms with van der Waals surface area (Å²) in [5.41, 5.74) is 1.91. The first-order valence-corrected chi connectivity index (χ1v) is 15.9. The Morgan fingerprint density at radius 1 is 1.26 bits per heavy atom. The van der Waals surface area contributed by atoms with Gasteiger partial charge < -0.3 is 19.3 Å². The Morgan fingerprint density at radius 2 is 1.95 bits per heavy atom. The number of allylic oxidation sites excluding steroid dienone is 3. The van der Waals surface area contributed by atoms with Crippen LogP contribution in [-0.2, 0) is 24.8 Å². The molecule has 0 spiro atoms. The van der Waals surface area contributed by atoms with E-state index in [1.807, 2.05) is 27.7 Å². The molecular formula is C31H46O7P-. The molecule has 0 bridgehead atoms. The first-order chi connectivity index (χ1) is 18.4. The molecule has 1 fully saturated rings. The summed E-state index contributed by atoms with van der Waals surface area (Å²) in [5, 5.41) is 11.3. The number of phosphoric acid groups is 1. The Kier molecular flexibility index (Phi) is 11.0. The van der Waals surface area contributed by atoms with Crippen LogP contribution in [0.4, 0.5) is 0 Å². The number of aryl methyl sites for hydroxylation is 1. The highest BCUT2D eigenvalue weighted by Crippen LogP contribution is 2.50. The van der Waals surface area contributed by atoms with Crippen molar-refractivity contribution >= 4 is 13.8 Å². The van der Waals surface area contributed by atoms with Crippen molar-refractivity contribution in [3.63, 3.8) is 0 Å². The molecule has 0 heterocycles. The minimum atomic E-state index is -4.76. The molecule has 2 aliphatic rings. The predicted molar refractivity (Wildman–Crippen MR) is 152 cm³/mol. The molecule has 0 amide bonds. The molecule has 3 rings (SSSR count). The summed E-state index contributed by atoms with van der Waals surface area (Å²) in [7, 11) is -4.76. The first-order valence-electron chi connectivity index (χ1n) is 14.4. The highest BCUT2D eigenvalue weighted by atomic mass is 31.2. The molecule has 1 N–H and O–H groups in total. The Balaban J connectivity index is 2.00. The number of esters is 1. The second kappa shape index (κ2) is 13.6. The molecule has 1 aromatic rings. The zero-order chi connectivity index (χ0) is 28.8. The molecular weight excluding hydrogens is 515 g/mol. The topological polar surface area (TPSA) is 105 Å². The minimum absolute atomic E-state index is 0.00366. The number of benzene rings is 1. The van der Waals surface area contributed by atoms with Gasteiger partial charge in [-0.15, -0.1) is 0 Å². The van der Waals surface area contributed by atoms with Gasteiger partial charge in [0.25, 0.3) is 7.82 Å². The average Bonchev–Trinajstić information content (AvgIpc) is 2.83. The molecule has 0 aromatic heterocycles. The molecule has 1 saturated carbocycles. The van der Waals surface area contributed by atoms with E-state index in [0.29, 0.717) is 31.2 Å². The summed E-state index contributed by atoms with van der Waals surface area (Å²) >= 11 is 0. The number of hydrogen-bond donors (Lipinski definition) is 1. The minimum Gasteiger partial charge on any atom is -0.756 e. The van der Waals surface area contributed by atoms with Crippen molar-refractivity contribution in [1.29, 1.82) is 0 Å². The molecule has 8 heteroatoms. The number of carbonyl (C=O) groups is 1. The van der Waals surface area contributed by atoms with Gasteiger partial charge in [0.15, 0.2) is 5.60 Å². The van der Waals surface area contributed by atoms with Gasteiger partial charge in [-0.1, -0.05) is 57.4 Å². The number of phosphoric ester groups is 1. The average molecular weight is 562 g/mol. The van der Waals surface area contributed by atoms with Gasteiger partial charge in [0, 0.05) is 11.5 Å². The van der Waals surface area contributed by atoms with Crippen molar-refractivity contribution < 1.29 is 33.1 Å². The maximum atomic E-state index is 13.9. The summed E-state index contributed by atoms with van der Waals surface area (Å²) in [6.45, 7) is 14.2. The number of phenols is 1. The van der Waals surface area contributed by atoms with Gasteiger partial charge in [-0.25, -0.2) is 4.79 Å². The summed E-state index contributed by atoms with van der Waals surface area (Å²) < 4.78 is 29.6. The van der Waals surface area contributed by atoms with Crippen molar-refractivity contribution in [2.75, 3.05) is 6.61 Å². The van der Waals surface area contributed by atoms with Crippen LogP contribution in [0.25, 0.3) is 0 Å². The van der Waals surface area contributed by atoms with Crippen molar-refractivity contribution in [1.82, 2.24) is 0 Å². The number of hydrogen-bond acceptors (Lipinski definition) is 7. The van der Waals surface area contributed by atoms with E-state index in [0.717, 1.165) is 36.8 Å². The summed E-state index contributed by atoms with van der Waals surface area (Å²) in [6.07, 6.45) is 8.63. The van der Waals surface area contributed by atoms with Gasteiger partial charge in [0.2, 0.25) is 0 Å². The summed E-state index contributed by atoms with van der Waals surface area (Å²) in [5.74, 6) is -0.325. The maximum Gasteiger partial charge on any atom is 0.344 e. The molecule has 0 aliphatic heterocycles. The van der Waals surface area contributed by atoms with E-state index in [1.54, 1.807) is 12.1 Å². The van der Waals surface area contributed by atoms with E-state index >= 15 is 0 Å². The molecule has 39 heavy (non-hydrogen) atoms. The Morgan fingerprint density at radius 3 is 2.56 bits per heavy atom. The third-order valence-corrected chi connectivity index (χ3v) is 8.97. The lowest BCUT2D eigenvalue weighted by Gasteiger charge is -2.39.